The maximum absolute atomic E-state index is 12.0. The zero-order valence-corrected chi connectivity index (χ0v) is 13.5. The first-order chi connectivity index (χ1) is 9.93. The molecule has 2 rings (SSSR count). The number of rotatable bonds is 4. The van der Waals surface area contributed by atoms with Gasteiger partial charge in [-0.05, 0) is 37.7 Å². The fraction of sp³-hybridized carbons (Fsp3) is 0.600. The van der Waals surface area contributed by atoms with Crippen molar-refractivity contribution in [3.8, 4) is 0 Å². The summed E-state index contributed by atoms with van der Waals surface area (Å²) in [5, 5.41) is 13.7. The monoisotopic (exact) mass is 330 g/mol. The molecular formula is C15H20Cl2N2O2. The van der Waals surface area contributed by atoms with Crippen LogP contribution in [-0.2, 0) is 0 Å². The molecule has 0 unspecified atom stereocenters. The Morgan fingerprint density at radius 2 is 2.14 bits per heavy atom. The first kappa shape index (κ1) is 16.5. The summed E-state index contributed by atoms with van der Waals surface area (Å²) in [4.78, 5) is 15.9. The topological polar surface area (TPSA) is 62.2 Å². The van der Waals surface area contributed by atoms with Gasteiger partial charge < -0.3 is 10.4 Å². The molecule has 116 valence electrons. The van der Waals surface area contributed by atoms with Crippen LogP contribution in [0.5, 0.6) is 0 Å². The molecule has 0 aliphatic heterocycles. The maximum Gasteiger partial charge on any atom is 0.253 e. The van der Waals surface area contributed by atoms with E-state index in [2.05, 4.69) is 17.2 Å². The first-order valence-electron chi connectivity index (χ1n) is 7.25. The Morgan fingerprint density at radius 3 is 2.71 bits per heavy atom. The third kappa shape index (κ3) is 4.31. The molecule has 0 atom stereocenters. The van der Waals surface area contributed by atoms with E-state index < -0.39 is 5.60 Å². The van der Waals surface area contributed by atoms with Gasteiger partial charge in [-0.1, -0.05) is 36.5 Å². The van der Waals surface area contributed by atoms with Crippen LogP contribution in [0.1, 0.15) is 49.4 Å². The number of halogens is 2. The van der Waals surface area contributed by atoms with Gasteiger partial charge in [0.15, 0.2) is 0 Å². The van der Waals surface area contributed by atoms with Crippen molar-refractivity contribution in [3.63, 3.8) is 0 Å². The molecule has 0 saturated heterocycles. The highest BCUT2D eigenvalue weighted by Gasteiger charge is 2.32. The third-order valence-electron chi connectivity index (χ3n) is 4.25. The number of nitrogens with one attached hydrogen (secondary N) is 1. The molecule has 4 nitrogen and oxygen atoms in total. The van der Waals surface area contributed by atoms with Crippen LogP contribution in [0.15, 0.2) is 12.3 Å². The highest BCUT2D eigenvalue weighted by molar-refractivity contribution is 6.41. The lowest BCUT2D eigenvalue weighted by atomic mass is 9.78. The van der Waals surface area contributed by atoms with Gasteiger partial charge in [0, 0.05) is 12.7 Å². The summed E-state index contributed by atoms with van der Waals surface area (Å²) in [6, 6.07) is 1.48. The number of pyridine rings is 1. The van der Waals surface area contributed by atoms with Crippen LogP contribution in [0.3, 0.4) is 0 Å². The number of aliphatic hydroxyl groups is 1. The summed E-state index contributed by atoms with van der Waals surface area (Å²) >= 11 is 11.6. The molecule has 1 aromatic heterocycles. The third-order valence-corrected chi connectivity index (χ3v) is 4.94. The average molecular weight is 331 g/mol. The molecule has 1 amide bonds. The predicted molar refractivity (Wildman–Crippen MR) is 83.8 cm³/mol. The molecule has 21 heavy (non-hydrogen) atoms. The van der Waals surface area contributed by atoms with Crippen LogP contribution < -0.4 is 5.32 Å². The predicted octanol–water partition coefficient (Wildman–Crippen LogP) is 3.45. The SMILES string of the molecule is CCC1CCC(O)(CNC(=O)c2cnc(Cl)c(Cl)c2)CC1. The summed E-state index contributed by atoms with van der Waals surface area (Å²) in [5.41, 5.74) is -0.458. The molecule has 1 saturated carbocycles. The van der Waals surface area contributed by atoms with Crippen LogP contribution in [0.4, 0.5) is 0 Å². The molecule has 1 fully saturated rings. The Labute approximate surface area is 134 Å². The summed E-state index contributed by atoms with van der Waals surface area (Å²) in [6.45, 7) is 2.43. The lowest BCUT2D eigenvalue weighted by Gasteiger charge is -2.35. The Bertz CT molecular complexity index is 514. The lowest BCUT2D eigenvalue weighted by molar-refractivity contribution is -0.00786. The molecule has 1 heterocycles. The minimum Gasteiger partial charge on any atom is -0.388 e. The van der Waals surface area contributed by atoms with E-state index in [-0.39, 0.29) is 22.6 Å². The van der Waals surface area contributed by atoms with E-state index in [9.17, 15) is 9.90 Å². The summed E-state index contributed by atoms with van der Waals surface area (Å²) in [7, 11) is 0. The van der Waals surface area contributed by atoms with Crippen LogP contribution in [0.2, 0.25) is 10.2 Å². The number of nitrogens with zero attached hydrogens (tertiary/aromatic N) is 1. The van der Waals surface area contributed by atoms with Crippen LogP contribution in [0, 0.1) is 5.92 Å². The molecule has 1 aromatic rings. The minimum atomic E-state index is -0.801. The molecule has 6 heteroatoms. The Morgan fingerprint density at radius 1 is 1.48 bits per heavy atom. The Hall–Kier alpha value is -0.840. The van der Waals surface area contributed by atoms with Gasteiger partial charge in [0.05, 0.1) is 16.2 Å². The summed E-state index contributed by atoms with van der Waals surface area (Å²) in [6.07, 6.45) is 6.00. The number of hydrogen-bond acceptors (Lipinski definition) is 3. The van der Waals surface area contributed by atoms with Crippen molar-refractivity contribution in [2.24, 2.45) is 5.92 Å². The number of carbonyl (C=O) groups excluding carboxylic acids is 1. The van der Waals surface area contributed by atoms with E-state index in [4.69, 9.17) is 23.2 Å². The largest absolute Gasteiger partial charge is 0.388 e. The Balaban J connectivity index is 1.90. The van der Waals surface area contributed by atoms with Crippen molar-refractivity contribution in [1.29, 1.82) is 0 Å². The van der Waals surface area contributed by atoms with Crippen LogP contribution in [-0.4, -0.2) is 28.1 Å². The fourth-order valence-corrected chi connectivity index (χ4v) is 2.96. The zero-order valence-electron chi connectivity index (χ0n) is 12.0. The number of aromatic nitrogens is 1. The van der Waals surface area contributed by atoms with E-state index in [1.54, 1.807) is 0 Å². The van der Waals surface area contributed by atoms with Crippen LogP contribution in [0.25, 0.3) is 0 Å². The molecule has 1 aliphatic rings. The van der Waals surface area contributed by atoms with Crippen molar-refractivity contribution in [2.45, 2.75) is 44.6 Å². The molecule has 0 radical (unpaired) electrons. The molecule has 0 spiro atoms. The highest BCUT2D eigenvalue weighted by Crippen LogP contribution is 2.33. The summed E-state index contributed by atoms with van der Waals surface area (Å²) in [5.74, 6) is 0.396. The number of hydrogen-bond donors (Lipinski definition) is 2. The second-order valence-corrected chi connectivity index (χ2v) is 6.52. The van der Waals surface area contributed by atoms with Gasteiger partial charge in [-0.3, -0.25) is 4.79 Å². The second kappa shape index (κ2) is 6.95. The van der Waals surface area contributed by atoms with Gasteiger partial charge in [-0.25, -0.2) is 4.98 Å². The van der Waals surface area contributed by atoms with Crippen molar-refractivity contribution >= 4 is 29.1 Å². The zero-order chi connectivity index (χ0) is 15.5. The summed E-state index contributed by atoms with van der Waals surface area (Å²) < 4.78 is 0. The van der Waals surface area contributed by atoms with Gasteiger partial charge in [0.2, 0.25) is 0 Å². The van der Waals surface area contributed by atoms with Crippen LogP contribution >= 0.6 is 23.2 Å². The van der Waals surface area contributed by atoms with Crippen molar-refractivity contribution < 1.29 is 9.90 Å². The molecular weight excluding hydrogens is 311 g/mol. The van der Waals surface area contributed by atoms with Gasteiger partial charge in [0.1, 0.15) is 5.15 Å². The van der Waals surface area contributed by atoms with Crippen molar-refractivity contribution in [3.05, 3.63) is 28.0 Å². The van der Waals surface area contributed by atoms with E-state index in [0.717, 1.165) is 32.1 Å². The van der Waals surface area contributed by atoms with E-state index in [1.807, 2.05) is 0 Å². The van der Waals surface area contributed by atoms with Gasteiger partial charge in [-0.15, -0.1) is 0 Å². The quantitative estimate of drug-likeness (QED) is 0.831. The standard InChI is InChI=1S/C15H20Cl2N2O2/c1-2-10-3-5-15(21,6-4-10)9-19-14(20)11-7-12(16)13(17)18-8-11/h7-8,10,21H,2-6,9H2,1H3,(H,19,20). The highest BCUT2D eigenvalue weighted by atomic mass is 35.5. The van der Waals surface area contributed by atoms with Crippen molar-refractivity contribution in [1.82, 2.24) is 10.3 Å². The number of amides is 1. The molecule has 2 N–H and O–H groups in total. The maximum atomic E-state index is 12.0. The van der Waals surface area contributed by atoms with E-state index in [0.29, 0.717) is 11.5 Å². The number of carbonyl (C=O) groups is 1. The van der Waals surface area contributed by atoms with Gasteiger partial charge >= 0.3 is 0 Å². The molecule has 1 aliphatic carbocycles. The Kier molecular flexibility index (Phi) is 5.47. The van der Waals surface area contributed by atoms with E-state index >= 15 is 0 Å². The smallest absolute Gasteiger partial charge is 0.253 e. The fourth-order valence-electron chi connectivity index (χ4n) is 2.69. The normalized spacial score (nSPS) is 25.6. The van der Waals surface area contributed by atoms with Crippen molar-refractivity contribution in [2.75, 3.05) is 6.54 Å². The molecule has 0 aromatic carbocycles. The van der Waals surface area contributed by atoms with E-state index in [1.165, 1.54) is 12.3 Å². The van der Waals surface area contributed by atoms with Gasteiger partial charge in [0.25, 0.3) is 5.91 Å². The first-order valence-corrected chi connectivity index (χ1v) is 8.01. The average Bonchev–Trinajstić information content (AvgIpc) is 2.48. The minimum absolute atomic E-state index is 0.171. The van der Waals surface area contributed by atoms with Gasteiger partial charge in [-0.2, -0.15) is 0 Å². The second-order valence-electron chi connectivity index (χ2n) is 5.76. The molecule has 0 bridgehead atoms. The lowest BCUT2D eigenvalue weighted by Crippen LogP contribution is -2.45.